The van der Waals surface area contributed by atoms with Crippen LogP contribution in [0.3, 0.4) is 0 Å². The highest BCUT2D eigenvalue weighted by Crippen LogP contribution is 2.52. The Hall–Kier alpha value is -1.10. The molecule has 0 unspecified atom stereocenters. The Morgan fingerprint density at radius 2 is 2.10 bits per heavy atom. The number of nitrogens with one attached hydrogen (secondary N) is 1. The van der Waals surface area contributed by atoms with Crippen LogP contribution in [0.15, 0.2) is 0 Å². The van der Waals surface area contributed by atoms with Crippen LogP contribution < -0.4 is 5.32 Å². The van der Waals surface area contributed by atoms with Crippen LogP contribution >= 0.6 is 0 Å². The fourth-order valence-electron chi connectivity index (χ4n) is 4.48. The van der Waals surface area contributed by atoms with Gasteiger partial charge in [-0.15, -0.1) is 0 Å². The Morgan fingerprint density at radius 1 is 1.33 bits per heavy atom. The quantitative estimate of drug-likeness (QED) is 0.781. The fourth-order valence-corrected chi connectivity index (χ4v) is 4.48. The molecule has 2 amide bonds. The number of hydrogen-bond acceptors (Lipinski definition) is 3. The maximum Gasteiger partial charge on any atom is 0.312 e. The first-order valence-corrected chi connectivity index (χ1v) is 8.20. The Kier molecular flexibility index (Phi) is 3.72. The number of amides is 2. The summed E-state index contributed by atoms with van der Waals surface area (Å²) in [6, 6.07) is 0.296. The van der Waals surface area contributed by atoms with E-state index in [2.05, 4.69) is 26.1 Å². The topological polar surface area (TPSA) is 58.6 Å². The molecule has 21 heavy (non-hydrogen) atoms. The van der Waals surface area contributed by atoms with E-state index < -0.39 is 5.91 Å². The minimum atomic E-state index is -0.432. The Balaban J connectivity index is 1.62. The van der Waals surface area contributed by atoms with E-state index in [1.165, 1.54) is 0 Å². The van der Waals surface area contributed by atoms with Gasteiger partial charge in [-0.1, -0.05) is 20.8 Å². The summed E-state index contributed by atoms with van der Waals surface area (Å²) < 4.78 is 5.73. The zero-order valence-electron chi connectivity index (χ0n) is 13.2. The summed E-state index contributed by atoms with van der Waals surface area (Å²) in [5.41, 5.74) is -0.0771. The fraction of sp³-hybridized carbons (Fsp3) is 0.875. The number of hydrogen-bond donors (Lipinski definition) is 1. The number of ether oxygens (including phenoxy) is 1. The molecule has 0 spiro atoms. The van der Waals surface area contributed by atoms with Gasteiger partial charge in [0.1, 0.15) is 0 Å². The van der Waals surface area contributed by atoms with Crippen molar-refractivity contribution < 1.29 is 14.3 Å². The van der Waals surface area contributed by atoms with Crippen LogP contribution in [-0.4, -0.2) is 48.1 Å². The number of fused-ring (bicyclic) bond motifs is 1. The number of nitrogens with zero attached hydrogens (tertiary/aromatic N) is 1. The third kappa shape index (κ3) is 2.26. The lowest BCUT2D eigenvalue weighted by Crippen LogP contribution is -2.68. The summed E-state index contributed by atoms with van der Waals surface area (Å²) >= 11 is 0. The van der Waals surface area contributed by atoms with Gasteiger partial charge in [-0.2, -0.15) is 0 Å². The monoisotopic (exact) mass is 294 g/mol. The molecule has 4 atom stereocenters. The standard InChI is InChI=1S/C16H26N2O3/c1-4-10-6-5-8-18(10)15(20)14(19)17-12-11-7-9-21-13(11)16(12,2)3/h10-13H,4-9H2,1-3H3,(H,17,19)/t10-,11+,12-,13+/m1/s1. The van der Waals surface area contributed by atoms with Crippen LogP contribution in [0, 0.1) is 11.3 Å². The third-order valence-corrected chi connectivity index (χ3v) is 5.69. The predicted octanol–water partition coefficient (Wildman–Crippen LogP) is 1.32. The van der Waals surface area contributed by atoms with Crippen molar-refractivity contribution in [2.75, 3.05) is 13.2 Å². The minimum Gasteiger partial charge on any atom is -0.377 e. The lowest BCUT2D eigenvalue weighted by Gasteiger charge is -2.54. The maximum atomic E-state index is 12.4. The van der Waals surface area contributed by atoms with Gasteiger partial charge in [0.2, 0.25) is 0 Å². The molecule has 0 aromatic rings. The summed E-state index contributed by atoms with van der Waals surface area (Å²) in [5, 5.41) is 2.99. The van der Waals surface area contributed by atoms with Crippen molar-refractivity contribution in [3.05, 3.63) is 0 Å². The minimum absolute atomic E-state index is 0.0594. The first-order valence-electron chi connectivity index (χ1n) is 8.20. The van der Waals surface area contributed by atoms with Gasteiger partial charge in [-0.25, -0.2) is 0 Å². The normalized spacial score (nSPS) is 37.0. The molecule has 118 valence electrons. The summed E-state index contributed by atoms with van der Waals surface area (Å²) in [6.45, 7) is 7.78. The van der Waals surface area contributed by atoms with Gasteiger partial charge in [0, 0.05) is 36.6 Å². The Labute approximate surface area is 126 Å². The highest BCUT2D eigenvalue weighted by Gasteiger charge is 2.60. The SMILES string of the molecule is CC[C@@H]1CCCN1C(=O)C(=O)N[C@@H]1[C@@H]2CCO[C@@H]2C1(C)C. The second-order valence-corrected chi connectivity index (χ2v) is 7.22. The number of carbonyl (C=O) groups is 2. The van der Waals surface area contributed by atoms with Crippen LogP contribution in [0.4, 0.5) is 0 Å². The molecule has 0 bridgehead atoms. The summed E-state index contributed by atoms with van der Waals surface area (Å²) in [6.07, 6.45) is 4.16. The molecule has 2 aliphatic heterocycles. The molecule has 3 aliphatic rings. The largest absolute Gasteiger partial charge is 0.377 e. The second kappa shape index (κ2) is 5.27. The average Bonchev–Trinajstić information content (AvgIpc) is 3.10. The first kappa shape index (κ1) is 14.8. The van der Waals surface area contributed by atoms with Gasteiger partial charge in [-0.05, 0) is 25.7 Å². The highest BCUT2D eigenvalue weighted by atomic mass is 16.5. The van der Waals surface area contributed by atoms with E-state index in [4.69, 9.17) is 4.74 Å². The average molecular weight is 294 g/mol. The lowest BCUT2D eigenvalue weighted by atomic mass is 9.57. The molecule has 1 N–H and O–H groups in total. The molecule has 2 saturated heterocycles. The van der Waals surface area contributed by atoms with Crippen molar-refractivity contribution >= 4 is 11.8 Å². The molecule has 0 aromatic heterocycles. The van der Waals surface area contributed by atoms with Crippen molar-refractivity contribution in [1.82, 2.24) is 10.2 Å². The van der Waals surface area contributed by atoms with E-state index >= 15 is 0 Å². The second-order valence-electron chi connectivity index (χ2n) is 7.22. The molecule has 3 rings (SSSR count). The molecule has 0 aromatic carbocycles. The van der Waals surface area contributed by atoms with Gasteiger partial charge in [0.15, 0.2) is 0 Å². The molecule has 2 heterocycles. The van der Waals surface area contributed by atoms with Crippen LogP contribution in [0.2, 0.25) is 0 Å². The van der Waals surface area contributed by atoms with Gasteiger partial charge in [-0.3, -0.25) is 9.59 Å². The van der Waals surface area contributed by atoms with E-state index in [0.29, 0.717) is 12.5 Å². The van der Waals surface area contributed by atoms with Gasteiger partial charge in [0.25, 0.3) is 0 Å². The molecule has 5 nitrogen and oxygen atoms in total. The van der Waals surface area contributed by atoms with Gasteiger partial charge in [0.05, 0.1) is 6.10 Å². The van der Waals surface area contributed by atoms with Crippen LogP contribution in [-0.2, 0) is 14.3 Å². The van der Waals surface area contributed by atoms with E-state index in [0.717, 1.165) is 32.3 Å². The van der Waals surface area contributed by atoms with Crippen LogP contribution in [0.1, 0.15) is 46.5 Å². The Bertz CT molecular complexity index is 449. The molecule has 3 fully saturated rings. The predicted molar refractivity (Wildman–Crippen MR) is 78.6 cm³/mol. The zero-order chi connectivity index (χ0) is 15.2. The third-order valence-electron chi connectivity index (χ3n) is 5.69. The first-order chi connectivity index (χ1) is 9.96. The number of carbonyl (C=O) groups excluding carboxylic acids is 2. The molecular formula is C16H26N2O3. The van der Waals surface area contributed by atoms with Crippen molar-refractivity contribution in [3.63, 3.8) is 0 Å². The van der Waals surface area contributed by atoms with Crippen molar-refractivity contribution in [1.29, 1.82) is 0 Å². The van der Waals surface area contributed by atoms with Crippen molar-refractivity contribution in [2.45, 2.75) is 64.6 Å². The van der Waals surface area contributed by atoms with E-state index in [1.54, 1.807) is 4.90 Å². The summed E-state index contributed by atoms with van der Waals surface area (Å²) in [5.74, 6) is -0.409. The van der Waals surface area contributed by atoms with Crippen LogP contribution in [0.25, 0.3) is 0 Å². The van der Waals surface area contributed by atoms with Crippen molar-refractivity contribution in [2.24, 2.45) is 11.3 Å². The van der Waals surface area contributed by atoms with E-state index in [-0.39, 0.29) is 29.5 Å². The van der Waals surface area contributed by atoms with Crippen LogP contribution in [0.5, 0.6) is 0 Å². The molecule has 5 heteroatoms. The maximum absolute atomic E-state index is 12.4. The number of likely N-dealkylation sites (tertiary alicyclic amines) is 1. The van der Waals surface area contributed by atoms with E-state index in [1.807, 2.05) is 0 Å². The van der Waals surface area contributed by atoms with E-state index in [9.17, 15) is 9.59 Å². The molecular weight excluding hydrogens is 268 g/mol. The van der Waals surface area contributed by atoms with Gasteiger partial charge < -0.3 is 15.0 Å². The van der Waals surface area contributed by atoms with Crippen molar-refractivity contribution in [3.8, 4) is 0 Å². The highest BCUT2D eigenvalue weighted by molar-refractivity contribution is 6.35. The molecule has 0 radical (unpaired) electrons. The smallest absolute Gasteiger partial charge is 0.312 e. The summed E-state index contributed by atoms with van der Waals surface area (Å²) in [7, 11) is 0. The molecule has 1 aliphatic carbocycles. The lowest BCUT2D eigenvalue weighted by molar-refractivity contribution is -0.153. The Morgan fingerprint density at radius 3 is 2.81 bits per heavy atom. The number of rotatable bonds is 2. The zero-order valence-corrected chi connectivity index (χ0v) is 13.2. The van der Waals surface area contributed by atoms with Gasteiger partial charge >= 0.3 is 11.8 Å². The molecule has 1 saturated carbocycles. The summed E-state index contributed by atoms with van der Waals surface area (Å²) in [4.78, 5) is 26.5.